The number of fused-ring (bicyclic) bond motifs is 1. The highest BCUT2D eigenvalue weighted by atomic mass is 16.3. The van der Waals surface area contributed by atoms with Gasteiger partial charge in [-0.15, -0.1) is 4.91 Å². The average Bonchev–Trinajstić information content (AvgIpc) is 3.06. The molecule has 1 heterocycles. The zero-order valence-corrected chi connectivity index (χ0v) is 11.4. The third-order valence-electron chi connectivity index (χ3n) is 4.74. The summed E-state index contributed by atoms with van der Waals surface area (Å²) in [6.45, 7) is 2.89. The third-order valence-corrected chi connectivity index (χ3v) is 4.74. The first-order valence-corrected chi connectivity index (χ1v) is 7.28. The molecule has 1 aliphatic carbocycles. The molecule has 3 rings (SSSR count). The topological polar surface area (TPSA) is 62.1 Å². The fraction of sp³-hybridized carbons (Fsp3) is 0.600. The molecule has 106 valence electrons. The van der Waals surface area contributed by atoms with Crippen molar-refractivity contribution in [2.24, 2.45) is 22.2 Å². The molecular formula is C15H19N3O2. The van der Waals surface area contributed by atoms with Gasteiger partial charge in [0.2, 0.25) is 0 Å². The van der Waals surface area contributed by atoms with E-state index in [1.807, 2.05) is 0 Å². The predicted octanol–water partition coefficient (Wildman–Crippen LogP) is 3.62. The van der Waals surface area contributed by atoms with Crippen LogP contribution in [0.25, 0.3) is 0 Å². The van der Waals surface area contributed by atoms with Gasteiger partial charge >= 0.3 is 0 Å². The molecular weight excluding hydrogens is 254 g/mol. The van der Waals surface area contributed by atoms with Crippen LogP contribution in [0.5, 0.6) is 0 Å². The zero-order valence-electron chi connectivity index (χ0n) is 11.4. The molecule has 3 unspecified atom stereocenters. The first-order valence-electron chi connectivity index (χ1n) is 7.28. The van der Waals surface area contributed by atoms with Gasteiger partial charge < -0.3 is 4.90 Å². The second-order valence-corrected chi connectivity index (χ2v) is 5.97. The van der Waals surface area contributed by atoms with Gasteiger partial charge in [-0.25, -0.2) is 0 Å². The predicted molar refractivity (Wildman–Crippen MR) is 77.7 cm³/mol. The number of likely N-dealkylation sites (tertiary alicyclic amines) is 1. The Balaban J connectivity index is 1.64. The molecule has 0 bridgehead atoms. The van der Waals surface area contributed by atoms with Gasteiger partial charge in [0.05, 0.1) is 0 Å². The molecule has 3 atom stereocenters. The first kappa shape index (κ1) is 13.4. The van der Waals surface area contributed by atoms with Crippen LogP contribution < -0.4 is 0 Å². The summed E-state index contributed by atoms with van der Waals surface area (Å²) in [6.07, 6.45) is 4.03. The molecule has 0 N–H and O–H groups in total. The molecule has 0 aromatic heterocycles. The Bertz CT molecular complexity index is 476. The van der Waals surface area contributed by atoms with Crippen molar-refractivity contribution in [3.8, 4) is 0 Å². The molecule has 5 heteroatoms. The van der Waals surface area contributed by atoms with Gasteiger partial charge in [-0.2, -0.15) is 4.91 Å². The van der Waals surface area contributed by atoms with Crippen molar-refractivity contribution >= 4 is 5.69 Å². The lowest BCUT2D eigenvalue weighted by Gasteiger charge is -2.20. The maximum Gasteiger partial charge on any atom is 0.129 e. The lowest BCUT2D eigenvalue weighted by atomic mass is 10.0. The van der Waals surface area contributed by atoms with Crippen molar-refractivity contribution in [3.63, 3.8) is 0 Å². The van der Waals surface area contributed by atoms with E-state index in [4.69, 9.17) is 0 Å². The summed E-state index contributed by atoms with van der Waals surface area (Å²) in [5.74, 6) is 1.65. The number of nitrogens with zero attached hydrogens (tertiary/aromatic N) is 3. The van der Waals surface area contributed by atoms with E-state index in [9.17, 15) is 9.81 Å². The normalized spacial score (nSPS) is 27.2. The number of rotatable bonds is 5. The molecule has 20 heavy (non-hydrogen) atoms. The maximum absolute atomic E-state index is 11.1. The standard InChI is InChI=1S/C15H19N3O2/c19-16-14-6-4-11(5-7-14)15(17-20)10-18-8-12-2-1-3-13(12)9-18/h4-7,12-13,15H,1-3,8-10H2. The van der Waals surface area contributed by atoms with Crippen molar-refractivity contribution in [3.05, 3.63) is 39.6 Å². The average molecular weight is 273 g/mol. The Morgan fingerprint density at radius 3 is 2.30 bits per heavy atom. The molecule has 1 aliphatic heterocycles. The largest absolute Gasteiger partial charge is 0.300 e. The summed E-state index contributed by atoms with van der Waals surface area (Å²) >= 11 is 0. The van der Waals surface area contributed by atoms with E-state index in [1.54, 1.807) is 24.3 Å². The fourth-order valence-corrected chi connectivity index (χ4v) is 3.68. The van der Waals surface area contributed by atoms with Crippen LogP contribution in [-0.4, -0.2) is 24.5 Å². The van der Waals surface area contributed by atoms with E-state index in [2.05, 4.69) is 15.3 Å². The molecule has 5 nitrogen and oxygen atoms in total. The van der Waals surface area contributed by atoms with E-state index < -0.39 is 0 Å². The highest BCUT2D eigenvalue weighted by molar-refractivity contribution is 5.39. The monoisotopic (exact) mass is 273 g/mol. The van der Waals surface area contributed by atoms with Crippen LogP contribution in [0.15, 0.2) is 34.6 Å². The van der Waals surface area contributed by atoms with Crippen molar-refractivity contribution in [2.45, 2.75) is 25.3 Å². The van der Waals surface area contributed by atoms with Crippen LogP contribution in [0.2, 0.25) is 0 Å². The molecule has 0 amide bonds. The molecule has 0 spiro atoms. The second-order valence-electron chi connectivity index (χ2n) is 5.97. The summed E-state index contributed by atoms with van der Waals surface area (Å²) in [7, 11) is 0. The Morgan fingerprint density at radius 1 is 1.10 bits per heavy atom. The van der Waals surface area contributed by atoms with Gasteiger partial charge in [0.1, 0.15) is 11.7 Å². The number of hydrogen-bond donors (Lipinski definition) is 0. The van der Waals surface area contributed by atoms with Crippen LogP contribution in [0.4, 0.5) is 5.69 Å². The van der Waals surface area contributed by atoms with Crippen LogP contribution in [0.1, 0.15) is 30.9 Å². The Kier molecular flexibility index (Phi) is 3.87. The van der Waals surface area contributed by atoms with Gasteiger partial charge in [-0.3, -0.25) is 0 Å². The minimum absolute atomic E-state index is 0.352. The van der Waals surface area contributed by atoms with Crippen molar-refractivity contribution in [1.29, 1.82) is 0 Å². The Morgan fingerprint density at radius 2 is 1.75 bits per heavy atom. The highest BCUT2D eigenvalue weighted by Crippen LogP contribution is 2.38. The summed E-state index contributed by atoms with van der Waals surface area (Å²) in [6, 6.07) is 6.48. The summed E-state index contributed by atoms with van der Waals surface area (Å²) in [4.78, 5) is 23.9. The van der Waals surface area contributed by atoms with Gasteiger partial charge in [-0.05, 0) is 47.6 Å². The van der Waals surface area contributed by atoms with Crippen LogP contribution in [0, 0.1) is 21.6 Å². The van der Waals surface area contributed by atoms with Crippen LogP contribution in [0.3, 0.4) is 0 Å². The SMILES string of the molecule is O=Nc1ccc(C(CN2CC3CCCC3C2)N=O)cc1. The quantitative estimate of drug-likeness (QED) is 0.770. The zero-order chi connectivity index (χ0) is 13.9. The lowest BCUT2D eigenvalue weighted by Crippen LogP contribution is -2.26. The molecule has 1 saturated carbocycles. The Hall–Kier alpha value is -1.62. The van der Waals surface area contributed by atoms with Gasteiger partial charge in [0, 0.05) is 19.6 Å². The Labute approximate surface area is 118 Å². The van der Waals surface area contributed by atoms with Crippen molar-refractivity contribution in [1.82, 2.24) is 4.90 Å². The summed E-state index contributed by atoms with van der Waals surface area (Å²) < 4.78 is 0. The smallest absolute Gasteiger partial charge is 0.129 e. The fourth-order valence-electron chi connectivity index (χ4n) is 3.68. The van der Waals surface area contributed by atoms with E-state index in [1.165, 1.54) is 19.3 Å². The van der Waals surface area contributed by atoms with E-state index in [0.29, 0.717) is 12.2 Å². The van der Waals surface area contributed by atoms with Gasteiger partial charge in [0.25, 0.3) is 0 Å². The van der Waals surface area contributed by atoms with E-state index in [0.717, 1.165) is 30.5 Å². The molecule has 2 fully saturated rings. The molecule has 2 aliphatic rings. The van der Waals surface area contributed by atoms with Crippen molar-refractivity contribution < 1.29 is 0 Å². The molecule has 1 aromatic rings. The van der Waals surface area contributed by atoms with E-state index in [-0.39, 0.29) is 6.04 Å². The maximum atomic E-state index is 11.1. The summed E-state index contributed by atoms with van der Waals surface area (Å²) in [5.41, 5.74) is 1.25. The molecule has 1 saturated heterocycles. The third kappa shape index (κ3) is 2.63. The first-order chi connectivity index (χ1) is 9.80. The van der Waals surface area contributed by atoms with Crippen molar-refractivity contribution in [2.75, 3.05) is 19.6 Å². The van der Waals surface area contributed by atoms with Gasteiger partial charge in [0.15, 0.2) is 0 Å². The minimum atomic E-state index is -0.352. The van der Waals surface area contributed by atoms with Crippen LogP contribution >= 0.6 is 0 Å². The molecule has 0 radical (unpaired) electrons. The van der Waals surface area contributed by atoms with Crippen LogP contribution in [-0.2, 0) is 0 Å². The summed E-state index contributed by atoms with van der Waals surface area (Å²) in [5, 5.41) is 6.14. The minimum Gasteiger partial charge on any atom is -0.300 e. The highest BCUT2D eigenvalue weighted by Gasteiger charge is 2.36. The molecule has 1 aromatic carbocycles. The number of hydrogen-bond acceptors (Lipinski definition) is 5. The number of benzene rings is 1. The van der Waals surface area contributed by atoms with E-state index >= 15 is 0 Å². The number of nitroso groups, excluding NO2 is 2. The lowest BCUT2D eigenvalue weighted by molar-refractivity contribution is 0.292. The van der Waals surface area contributed by atoms with Gasteiger partial charge in [-0.1, -0.05) is 23.7 Å². The second kappa shape index (κ2) is 5.79.